The molecule has 1 aliphatic carbocycles. The molecule has 3 aromatic rings. The van der Waals surface area contributed by atoms with Crippen LogP contribution in [-0.2, 0) is 11.0 Å². The third-order valence-corrected chi connectivity index (χ3v) is 8.06. The fourth-order valence-electron chi connectivity index (χ4n) is 5.24. The molecule has 2 aromatic carbocycles. The molecule has 9 nitrogen and oxygen atoms in total. The summed E-state index contributed by atoms with van der Waals surface area (Å²) in [4.78, 5) is 45.4. The number of pyridine rings is 1. The maximum absolute atomic E-state index is 15.5. The number of hydrogen-bond donors (Lipinski definition) is 1. The molecule has 5 rings (SSSR count). The summed E-state index contributed by atoms with van der Waals surface area (Å²) in [7, 11) is 2.63. The number of carbonyl (C=O) groups excluding carboxylic acids is 3. The van der Waals surface area contributed by atoms with Crippen LogP contribution in [0.2, 0.25) is 0 Å². The first-order valence-electron chi connectivity index (χ1n) is 13.0. The number of anilines is 3. The quantitative estimate of drug-likeness (QED) is 0.315. The van der Waals surface area contributed by atoms with Crippen molar-refractivity contribution >= 4 is 52.1 Å². The number of nitriles is 1. The third-order valence-electron chi connectivity index (χ3n) is 7.69. The average Bonchev–Trinajstić information content (AvgIpc) is 3.21. The molecule has 3 amide bonds. The average molecular weight is 629 g/mol. The molecule has 0 unspecified atom stereocenters. The summed E-state index contributed by atoms with van der Waals surface area (Å²) < 4.78 is 70.8. The van der Waals surface area contributed by atoms with Gasteiger partial charge in [0.15, 0.2) is 10.8 Å². The smallest absolute Gasteiger partial charge is 0.355 e. The highest BCUT2D eigenvalue weighted by atomic mass is 32.1. The first kappa shape index (κ1) is 30.5. The minimum absolute atomic E-state index is 0.0493. The highest BCUT2D eigenvalue weighted by Gasteiger charge is 2.60. The van der Waals surface area contributed by atoms with E-state index in [4.69, 9.17) is 17.5 Å². The topological polar surface area (TPSA) is 110 Å². The van der Waals surface area contributed by atoms with Gasteiger partial charge in [0.25, 0.3) is 17.7 Å². The predicted octanol–water partition coefficient (Wildman–Crippen LogP) is 4.95. The van der Waals surface area contributed by atoms with Gasteiger partial charge in [-0.1, -0.05) is 0 Å². The Bertz CT molecular complexity index is 1790. The molecule has 0 bridgehead atoms. The molecule has 1 saturated heterocycles. The van der Waals surface area contributed by atoms with Gasteiger partial charge in [-0.25, -0.2) is 13.8 Å². The maximum atomic E-state index is 15.5. The van der Waals surface area contributed by atoms with Crippen LogP contribution in [-0.4, -0.2) is 47.5 Å². The Kier molecular flexibility index (Phi) is 7.58. The van der Waals surface area contributed by atoms with E-state index >= 15 is 4.39 Å². The second kappa shape index (κ2) is 10.9. The Morgan fingerprint density at radius 1 is 1.07 bits per heavy atom. The van der Waals surface area contributed by atoms with Crippen molar-refractivity contribution in [3.8, 4) is 6.07 Å². The second-order valence-electron chi connectivity index (χ2n) is 10.1. The minimum atomic E-state index is -4.93. The fraction of sp³-hybridized carbons (Fsp3) is 0.241. The summed E-state index contributed by atoms with van der Waals surface area (Å²) in [5, 5.41) is 11.1. The number of nitrogens with zero attached hydrogens (tertiary/aromatic N) is 5. The van der Waals surface area contributed by atoms with Gasteiger partial charge in [0.2, 0.25) is 0 Å². The van der Waals surface area contributed by atoms with Crippen molar-refractivity contribution in [3.63, 3.8) is 0 Å². The van der Waals surface area contributed by atoms with Crippen molar-refractivity contribution in [2.75, 3.05) is 28.8 Å². The largest absolute Gasteiger partial charge is 0.419 e. The minimum Gasteiger partial charge on any atom is -0.355 e. The molecular formula is C29H21F5N6O3S. The molecule has 0 atom stereocenters. The Labute approximate surface area is 252 Å². The van der Waals surface area contributed by atoms with Gasteiger partial charge in [-0.15, -0.1) is 0 Å². The van der Waals surface area contributed by atoms with Crippen LogP contribution in [0.5, 0.6) is 0 Å². The SMILES string of the molecule is CNC(=O)c1ccc(N(C)C(=O)c2ccc(N3C(=S)N(c4cnc(C#N)c(C(F)(F)F)c4)C(=O)C34CCC4)cc2F)cc1F. The molecule has 2 fully saturated rings. The molecule has 1 aromatic heterocycles. The number of nitrogens with one attached hydrogen (secondary N) is 1. The van der Waals surface area contributed by atoms with Crippen LogP contribution in [0.15, 0.2) is 48.7 Å². The van der Waals surface area contributed by atoms with Crippen LogP contribution in [0.4, 0.5) is 39.0 Å². The highest BCUT2D eigenvalue weighted by molar-refractivity contribution is 7.81. The third kappa shape index (κ3) is 4.80. The van der Waals surface area contributed by atoms with E-state index in [1.54, 1.807) is 0 Å². The zero-order chi connectivity index (χ0) is 32.1. The fourth-order valence-corrected chi connectivity index (χ4v) is 5.70. The predicted molar refractivity (Wildman–Crippen MR) is 152 cm³/mol. The lowest BCUT2D eigenvalue weighted by Crippen LogP contribution is -2.55. The monoisotopic (exact) mass is 628 g/mol. The van der Waals surface area contributed by atoms with Crippen molar-refractivity contribution in [3.05, 3.63) is 82.7 Å². The van der Waals surface area contributed by atoms with E-state index in [0.717, 1.165) is 34.2 Å². The number of carbonyl (C=O) groups is 3. The normalized spacial score (nSPS) is 15.7. The summed E-state index contributed by atoms with van der Waals surface area (Å²) in [6.45, 7) is 0. The van der Waals surface area contributed by atoms with Gasteiger partial charge in [-0.3, -0.25) is 19.3 Å². The lowest BCUT2D eigenvalue weighted by Gasteiger charge is -2.43. The van der Waals surface area contributed by atoms with E-state index in [1.165, 1.54) is 43.3 Å². The molecule has 226 valence electrons. The Balaban J connectivity index is 1.47. The van der Waals surface area contributed by atoms with E-state index in [0.29, 0.717) is 12.5 Å². The van der Waals surface area contributed by atoms with Crippen molar-refractivity contribution < 1.29 is 36.3 Å². The number of hydrogen-bond acceptors (Lipinski definition) is 6. The van der Waals surface area contributed by atoms with Crippen LogP contribution in [0, 0.1) is 23.0 Å². The summed E-state index contributed by atoms with van der Waals surface area (Å²) in [5.74, 6) is -4.02. The van der Waals surface area contributed by atoms with Gasteiger partial charge >= 0.3 is 6.18 Å². The van der Waals surface area contributed by atoms with E-state index in [2.05, 4.69) is 10.3 Å². The molecule has 44 heavy (non-hydrogen) atoms. The standard InChI is InChI=1S/C29H21F5N6O3S/c1-36-24(41)18-6-4-15(11-21(18)30)38(2)25(42)19-7-5-16(12-22(19)31)40-27(44)39(26(43)28(40)8-3-9-28)17-10-20(29(32,33)34)23(13-35)37-14-17/h4-7,10-12,14H,3,8-9H2,1-2H3,(H,36,41). The number of halogens is 5. The van der Waals surface area contributed by atoms with Crippen LogP contribution in [0.25, 0.3) is 0 Å². The number of alkyl halides is 3. The first-order chi connectivity index (χ1) is 20.7. The molecule has 0 radical (unpaired) electrons. The maximum Gasteiger partial charge on any atom is 0.419 e. The molecule has 15 heteroatoms. The molecule has 2 heterocycles. The highest BCUT2D eigenvalue weighted by Crippen LogP contribution is 2.48. The van der Waals surface area contributed by atoms with E-state index < -0.39 is 57.9 Å². The molecule has 1 aliphatic heterocycles. The van der Waals surface area contributed by atoms with Crippen LogP contribution in [0.1, 0.15) is 51.2 Å². The van der Waals surface area contributed by atoms with Gasteiger partial charge in [-0.2, -0.15) is 18.4 Å². The summed E-state index contributed by atoms with van der Waals surface area (Å²) >= 11 is 5.53. The Morgan fingerprint density at radius 2 is 1.73 bits per heavy atom. The van der Waals surface area contributed by atoms with Crippen LogP contribution in [0.3, 0.4) is 0 Å². The second-order valence-corrected chi connectivity index (χ2v) is 10.5. The van der Waals surface area contributed by atoms with Crippen molar-refractivity contribution in [1.29, 1.82) is 5.26 Å². The van der Waals surface area contributed by atoms with E-state index in [-0.39, 0.29) is 40.6 Å². The molecule has 2 aliphatic rings. The Morgan fingerprint density at radius 3 is 2.27 bits per heavy atom. The van der Waals surface area contributed by atoms with Crippen molar-refractivity contribution in [2.45, 2.75) is 31.0 Å². The van der Waals surface area contributed by atoms with Gasteiger partial charge in [0.1, 0.15) is 23.2 Å². The summed E-state index contributed by atoms with van der Waals surface area (Å²) in [6.07, 6.45) is -2.84. The van der Waals surface area contributed by atoms with Crippen LogP contribution < -0.4 is 20.0 Å². The number of aromatic nitrogens is 1. The van der Waals surface area contributed by atoms with Gasteiger partial charge < -0.3 is 15.1 Å². The number of thiocarbonyl (C=S) groups is 1. The number of benzene rings is 2. The first-order valence-corrected chi connectivity index (χ1v) is 13.4. The van der Waals surface area contributed by atoms with Gasteiger partial charge in [-0.05, 0) is 73.9 Å². The number of amides is 3. The molecule has 1 saturated carbocycles. The number of rotatable bonds is 5. The molecule has 1 N–H and O–H groups in total. The lowest BCUT2D eigenvalue weighted by atomic mass is 9.75. The van der Waals surface area contributed by atoms with E-state index in [1.807, 2.05) is 0 Å². The summed E-state index contributed by atoms with van der Waals surface area (Å²) in [6, 6.07) is 8.96. The molecular weight excluding hydrogens is 607 g/mol. The molecule has 1 spiro atoms. The zero-order valence-corrected chi connectivity index (χ0v) is 23.8. The van der Waals surface area contributed by atoms with Crippen LogP contribution >= 0.6 is 12.2 Å². The van der Waals surface area contributed by atoms with Gasteiger partial charge in [0, 0.05) is 25.5 Å². The lowest BCUT2D eigenvalue weighted by molar-refractivity contribution is -0.138. The zero-order valence-electron chi connectivity index (χ0n) is 23.0. The van der Waals surface area contributed by atoms with Crippen molar-refractivity contribution in [1.82, 2.24) is 10.3 Å². The van der Waals surface area contributed by atoms with E-state index in [9.17, 15) is 31.9 Å². The Hall–Kier alpha value is -4.97. The van der Waals surface area contributed by atoms with Crippen molar-refractivity contribution in [2.24, 2.45) is 0 Å². The summed E-state index contributed by atoms with van der Waals surface area (Å²) in [5.41, 5.74) is -4.30. The van der Waals surface area contributed by atoms with Gasteiger partial charge in [0.05, 0.1) is 28.6 Å².